The smallest absolute Gasteiger partial charge is 0.313 e. The fourth-order valence-corrected chi connectivity index (χ4v) is 3.56. The van der Waals surface area contributed by atoms with Crippen LogP contribution in [-0.2, 0) is 17.8 Å². The van der Waals surface area contributed by atoms with Crippen LogP contribution in [-0.4, -0.2) is 31.6 Å². The number of carbonyl (C=O) groups is 1. The van der Waals surface area contributed by atoms with Gasteiger partial charge in [0.15, 0.2) is 5.16 Å². The Morgan fingerprint density at radius 2 is 2.10 bits per heavy atom. The molecule has 0 unspecified atom stereocenters. The Balaban J connectivity index is 2.17. The third-order valence-corrected chi connectivity index (χ3v) is 4.89. The molecule has 112 valence electrons. The number of rotatable bonds is 7. The van der Waals surface area contributed by atoms with Crippen LogP contribution >= 0.6 is 11.8 Å². The second-order valence-electron chi connectivity index (χ2n) is 5.94. The molecule has 0 bridgehead atoms. The van der Waals surface area contributed by atoms with Crippen LogP contribution < -0.4 is 0 Å². The summed E-state index contributed by atoms with van der Waals surface area (Å²) in [6.45, 7) is 5.36. The second-order valence-corrected chi connectivity index (χ2v) is 6.88. The van der Waals surface area contributed by atoms with E-state index >= 15 is 0 Å². The zero-order valence-corrected chi connectivity index (χ0v) is 13.1. The van der Waals surface area contributed by atoms with Gasteiger partial charge >= 0.3 is 5.97 Å². The third-order valence-electron chi connectivity index (χ3n) is 3.94. The first-order valence-corrected chi connectivity index (χ1v) is 8.29. The van der Waals surface area contributed by atoms with Crippen LogP contribution in [0.1, 0.15) is 51.8 Å². The lowest BCUT2D eigenvalue weighted by atomic mass is 9.89. The van der Waals surface area contributed by atoms with Crippen molar-refractivity contribution in [2.45, 2.75) is 64.1 Å². The van der Waals surface area contributed by atoms with Crippen LogP contribution in [0.15, 0.2) is 5.16 Å². The molecule has 0 spiro atoms. The Hall–Kier alpha value is -1.04. The van der Waals surface area contributed by atoms with Gasteiger partial charge in [-0.2, -0.15) is 0 Å². The van der Waals surface area contributed by atoms with E-state index in [1.165, 1.54) is 37.4 Å². The minimum absolute atomic E-state index is 0.0426. The lowest BCUT2D eigenvalue weighted by Crippen LogP contribution is -2.22. The SMILES string of the molecule is CCCc1nnc(SCC(=O)O)n1CC1(C)CCCC1. The molecule has 2 rings (SSSR count). The Morgan fingerprint density at radius 1 is 1.40 bits per heavy atom. The highest BCUT2D eigenvalue weighted by molar-refractivity contribution is 7.99. The molecule has 1 heterocycles. The van der Waals surface area contributed by atoms with E-state index in [2.05, 4.69) is 28.6 Å². The van der Waals surface area contributed by atoms with Crippen molar-refractivity contribution in [3.63, 3.8) is 0 Å². The third kappa shape index (κ3) is 3.75. The van der Waals surface area contributed by atoms with Crippen molar-refractivity contribution in [1.29, 1.82) is 0 Å². The Kier molecular flexibility index (Phi) is 5.07. The fourth-order valence-electron chi connectivity index (χ4n) is 2.89. The summed E-state index contributed by atoms with van der Waals surface area (Å²) in [4.78, 5) is 10.7. The van der Waals surface area contributed by atoms with Gasteiger partial charge in [-0.3, -0.25) is 4.79 Å². The first-order chi connectivity index (χ1) is 9.54. The number of thioether (sulfide) groups is 1. The zero-order chi connectivity index (χ0) is 14.6. The average molecular weight is 297 g/mol. The van der Waals surface area contributed by atoms with Crippen LogP contribution in [0.25, 0.3) is 0 Å². The predicted molar refractivity (Wildman–Crippen MR) is 79.0 cm³/mol. The molecule has 1 aromatic rings. The first-order valence-electron chi connectivity index (χ1n) is 7.31. The summed E-state index contributed by atoms with van der Waals surface area (Å²) >= 11 is 1.27. The number of aryl methyl sites for hydroxylation is 1. The van der Waals surface area contributed by atoms with Crippen LogP contribution in [0.3, 0.4) is 0 Å². The minimum Gasteiger partial charge on any atom is -0.481 e. The van der Waals surface area contributed by atoms with Crippen molar-refractivity contribution < 1.29 is 9.90 Å². The largest absolute Gasteiger partial charge is 0.481 e. The molecular formula is C14H23N3O2S. The predicted octanol–water partition coefficient (Wildman–Crippen LogP) is 2.99. The van der Waals surface area contributed by atoms with Crippen molar-refractivity contribution in [1.82, 2.24) is 14.8 Å². The number of aromatic nitrogens is 3. The van der Waals surface area contributed by atoms with E-state index in [1.54, 1.807) is 0 Å². The molecule has 1 N–H and O–H groups in total. The van der Waals surface area contributed by atoms with Gasteiger partial charge in [-0.05, 0) is 24.7 Å². The Labute approximate surface area is 124 Å². The summed E-state index contributed by atoms with van der Waals surface area (Å²) in [5.74, 6) is 0.225. The van der Waals surface area contributed by atoms with Crippen molar-refractivity contribution in [2.75, 3.05) is 5.75 Å². The minimum atomic E-state index is -0.811. The second kappa shape index (κ2) is 6.61. The molecule has 0 aliphatic heterocycles. The quantitative estimate of drug-likeness (QED) is 0.784. The lowest BCUT2D eigenvalue weighted by Gasteiger charge is -2.25. The van der Waals surface area contributed by atoms with Crippen LogP contribution in [0.5, 0.6) is 0 Å². The standard InChI is InChI=1S/C14H23N3O2S/c1-3-6-11-15-16-13(20-9-12(18)19)17(11)10-14(2)7-4-5-8-14/h3-10H2,1-2H3,(H,18,19). The summed E-state index contributed by atoms with van der Waals surface area (Å²) in [6.07, 6.45) is 6.98. The molecule has 1 fully saturated rings. The topological polar surface area (TPSA) is 68.0 Å². The van der Waals surface area contributed by atoms with Crippen molar-refractivity contribution in [3.8, 4) is 0 Å². The molecule has 1 aliphatic rings. The first kappa shape index (κ1) is 15.4. The summed E-state index contributed by atoms with van der Waals surface area (Å²) in [5, 5.41) is 18.0. The highest BCUT2D eigenvalue weighted by atomic mass is 32.2. The molecule has 5 nitrogen and oxygen atoms in total. The van der Waals surface area contributed by atoms with E-state index in [0.29, 0.717) is 5.41 Å². The van der Waals surface area contributed by atoms with E-state index in [0.717, 1.165) is 30.4 Å². The molecule has 0 radical (unpaired) electrons. The van der Waals surface area contributed by atoms with E-state index in [-0.39, 0.29) is 5.75 Å². The molecule has 20 heavy (non-hydrogen) atoms. The number of hydrogen-bond acceptors (Lipinski definition) is 4. The summed E-state index contributed by atoms with van der Waals surface area (Å²) < 4.78 is 2.16. The van der Waals surface area contributed by atoms with Crippen LogP contribution in [0, 0.1) is 5.41 Å². The van der Waals surface area contributed by atoms with Crippen molar-refractivity contribution >= 4 is 17.7 Å². The Bertz CT molecular complexity index is 467. The monoisotopic (exact) mass is 297 g/mol. The van der Waals surface area contributed by atoms with E-state index < -0.39 is 5.97 Å². The molecule has 6 heteroatoms. The summed E-state index contributed by atoms with van der Waals surface area (Å²) in [6, 6.07) is 0. The van der Waals surface area contributed by atoms with Gasteiger partial charge in [-0.15, -0.1) is 10.2 Å². The molecular weight excluding hydrogens is 274 g/mol. The van der Waals surface area contributed by atoms with Gasteiger partial charge in [0, 0.05) is 13.0 Å². The molecule has 0 amide bonds. The normalized spacial score (nSPS) is 17.5. The molecule has 1 aliphatic carbocycles. The number of nitrogens with zero attached hydrogens (tertiary/aromatic N) is 3. The molecule has 0 saturated heterocycles. The molecule has 0 atom stereocenters. The fraction of sp³-hybridized carbons (Fsp3) is 0.786. The number of hydrogen-bond donors (Lipinski definition) is 1. The van der Waals surface area contributed by atoms with Gasteiger partial charge in [0.2, 0.25) is 0 Å². The summed E-state index contributed by atoms with van der Waals surface area (Å²) in [7, 11) is 0. The van der Waals surface area contributed by atoms with Gasteiger partial charge in [0.1, 0.15) is 5.82 Å². The van der Waals surface area contributed by atoms with E-state index in [4.69, 9.17) is 5.11 Å². The van der Waals surface area contributed by atoms with Gasteiger partial charge in [-0.25, -0.2) is 0 Å². The number of aliphatic carboxylic acids is 1. The van der Waals surface area contributed by atoms with Crippen LogP contribution in [0.4, 0.5) is 0 Å². The van der Waals surface area contributed by atoms with E-state index in [1.807, 2.05) is 0 Å². The number of carboxylic acids is 1. The van der Waals surface area contributed by atoms with Gasteiger partial charge in [0.05, 0.1) is 5.75 Å². The maximum Gasteiger partial charge on any atom is 0.313 e. The zero-order valence-electron chi connectivity index (χ0n) is 12.3. The molecule has 1 aromatic heterocycles. The van der Waals surface area contributed by atoms with Crippen molar-refractivity contribution in [3.05, 3.63) is 5.82 Å². The van der Waals surface area contributed by atoms with Crippen LogP contribution in [0.2, 0.25) is 0 Å². The maximum absolute atomic E-state index is 10.7. The average Bonchev–Trinajstić information content (AvgIpc) is 2.96. The number of carboxylic acid groups (broad SMARTS) is 1. The Morgan fingerprint density at radius 3 is 2.70 bits per heavy atom. The highest BCUT2D eigenvalue weighted by Crippen LogP contribution is 2.40. The maximum atomic E-state index is 10.7. The summed E-state index contributed by atoms with van der Waals surface area (Å²) in [5.41, 5.74) is 0.309. The van der Waals surface area contributed by atoms with Gasteiger partial charge in [-0.1, -0.05) is 38.5 Å². The lowest BCUT2D eigenvalue weighted by molar-refractivity contribution is -0.133. The van der Waals surface area contributed by atoms with Gasteiger partial charge < -0.3 is 9.67 Å². The van der Waals surface area contributed by atoms with E-state index in [9.17, 15) is 4.79 Å². The molecule has 0 aromatic carbocycles. The van der Waals surface area contributed by atoms with Gasteiger partial charge in [0.25, 0.3) is 0 Å². The van der Waals surface area contributed by atoms with Crippen molar-refractivity contribution in [2.24, 2.45) is 5.41 Å². The molecule has 1 saturated carbocycles. The highest BCUT2D eigenvalue weighted by Gasteiger charge is 2.31.